The van der Waals surface area contributed by atoms with Gasteiger partial charge in [-0.05, 0) is 36.5 Å². The number of aromatic nitrogens is 1. The SMILES string of the molecule is O=C(O[C@H](CO)C(F)(F)F)N1C[C@@H]2CN(c3cc(C4CC4)ccn3)C[C@@H]2C1. The van der Waals surface area contributed by atoms with Crippen LogP contribution in [0.25, 0.3) is 0 Å². The maximum Gasteiger partial charge on any atom is 0.427 e. The number of anilines is 1. The summed E-state index contributed by atoms with van der Waals surface area (Å²) in [5, 5.41) is 8.81. The van der Waals surface area contributed by atoms with Crippen LogP contribution in [0.4, 0.5) is 23.8 Å². The number of nitrogens with zero attached hydrogens (tertiary/aromatic N) is 3. The van der Waals surface area contributed by atoms with Gasteiger partial charge in [0.2, 0.25) is 6.10 Å². The Morgan fingerprint density at radius 2 is 1.93 bits per heavy atom. The molecule has 3 atom stereocenters. The largest absolute Gasteiger partial charge is 0.434 e. The molecular weight excluding hydrogens is 363 g/mol. The number of pyridine rings is 1. The Kier molecular flexibility index (Phi) is 4.65. The molecule has 1 N–H and O–H groups in total. The summed E-state index contributed by atoms with van der Waals surface area (Å²) < 4.78 is 42.4. The molecule has 2 saturated heterocycles. The molecule has 4 rings (SSSR count). The highest BCUT2D eigenvalue weighted by atomic mass is 19.4. The molecule has 0 radical (unpaired) electrons. The van der Waals surface area contributed by atoms with Crippen LogP contribution in [0.3, 0.4) is 0 Å². The van der Waals surface area contributed by atoms with Gasteiger partial charge in [0.25, 0.3) is 0 Å². The summed E-state index contributed by atoms with van der Waals surface area (Å²) in [6.45, 7) is 0.889. The molecule has 1 aliphatic carbocycles. The highest BCUT2D eigenvalue weighted by molar-refractivity contribution is 5.68. The number of carbonyl (C=O) groups excluding carboxylic acids is 1. The number of amides is 1. The summed E-state index contributed by atoms with van der Waals surface area (Å²) in [4.78, 5) is 20.0. The lowest BCUT2D eigenvalue weighted by Gasteiger charge is -2.25. The van der Waals surface area contributed by atoms with Gasteiger partial charge < -0.3 is 19.6 Å². The molecule has 1 aromatic rings. The Bertz CT molecular complexity index is 697. The van der Waals surface area contributed by atoms with Crippen molar-refractivity contribution in [3.05, 3.63) is 23.9 Å². The molecule has 0 spiro atoms. The van der Waals surface area contributed by atoms with E-state index in [9.17, 15) is 18.0 Å². The van der Waals surface area contributed by atoms with Gasteiger partial charge in [0.15, 0.2) is 0 Å². The number of fused-ring (bicyclic) bond motifs is 1. The normalized spacial score (nSPS) is 26.2. The predicted octanol–water partition coefficient (Wildman–Crippen LogP) is 2.39. The Balaban J connectivity index is 1.34. The van der Waals surface area contributed by atoms with Crippen molar-refractivity contribution in [3.63, 3.8) is 0 Å². The minimum absolute atomic E-state index is 0.183. The fourth-order valence-corrected chi connectivity index (χ4v) is 4.01. The Morgan fingerprint density at radius 3 is 2.48 bits per heavy atom. The molecule has 148 valence electrons. The minimum Gasteiger partial charge on any atom is -0.434 e. The third kappa shape index (κ3) is 3.83. The van der Waals surface area contributed by atoms with Crippen LogP contribution in [0.5, 0.6) is 0 Å². The lowest BCUT2D eigenvalue weighted by Crippen LogP contribution is -2.42. The Morgan fingerprint density at radius 1 is 1.26 bits per heavy atom. The minimum atomic E-state index is -4.77. The Labute approximate surface area is 154 Å². The standard InChI is InChI=1S/C18H22F3N3O3/c19-18(20,21)15(10-25)27-17(26)24-8-13-6-23(7-14(13)9-24)16-5-12(3-4-22-16)11-1-2-11/h3-5,11,13-15,25H,1-2,6-10H2/t13-,14+,15-/m1/s1. The molecule has 1 saturated carbocycles. The van der Waals surface area contributed by atoms with Gasteiger partial charge in [-0.1, -0.05) is 0 Å². The van der Waals surface area contributed by atoms with Gasteiger partial charge >= 0.3 is 12.3 Å². The van der Waals surface area contributed by atoms with Crippen molar-refractivity contribution < 1.29 is 27.8 Å². The summed E-state index contributed by atoms with van der Waals surface area (Å²) >= 11 is 0. The first kappa shape index (κ1) is 18.3. The molecule has 0 bridgehead atoms. The number of halogens is 3. The van der Waals surface area contributed by atoms with E-state index in [1.807, 2.05) is 12.3 Å². The van der Waals surface area contributed by atoms with Crippen LogP contribution in [0.15, 0.2) is 18.3 Å². The number of carbonyl (C=O) groups is 1. The van der Waals surface area contributed by atoms with Gasteiger partial charge in [0.05, 0.1) is 6.61 Å². The van der Waals surface area contributed by atoms with E-state index >= 15 is 0 Å². The van der Waals surface area contributed by atoms with E-state index in [1.54, 1.807) is 0 Å². The van der Waals surface area contributed by atoms with E-state index in [1.165, 1.54) is 23.3 Å². The van der Waals surface area contributed by atoms with Crippen LogP contribution in [0.2, 0.25) is 0 Å². The summed E-state index contributed by atoms with van der Waals surface area (Å²) in [6, 6.07) is 4.17. The summed E-state index contributed by atoms with van der Waals surface area (Å²) in [5.74, 6) is 1.94. The highest BCUT2D eigenvalue weighted by Gasteiger charge is 2.46. The van der Waals surface area contributed by atoms with Gasteiger partial charge in [-0.15, -0.1) is 0 Å². The predicted molar refractivity (Wildman–Crippen MR) is 90.4 cm³/mol. The molecule has 2 aliphatic heterocycles. The second-order valence-corrected chi connectivity index (χ2v) is 7.65. The molecule has 1 aromatic heterocycles. The van der Waals surface area contributed by atoms with Crippen LogP contribution >= 0.6 is 0 Å². The average molecular weight is 385 g/mol. The summed E-state index contributed by atoms with van der Waals surface area (Å²) in [7, 11) is 0. The number of rotatable bonds is 4. The van der Waals surface area contributed by atoms with E-state index in [4.69, 9.17) is 5.11 Å². The van der Waals surface area contributed by atoms with Crippen molar-refractivity contribution in [2.24, 2.45) is 11.8 Å². The van der Waals surface area contributed by atoms with Crippen molar-refractivity contribution in [1.29, 1.82) is 0 Å². The monoisotopic (exact) mass is 385 g/mol. The van der Waals surface area contributed by atoms with E-state index in [0.29, 0.717) is 19.0 Å². The number of aliphatic hydroxyl groups is 1. The molecule has 6 nitrogen and oxygen atoms in total. The number of aliphatic hydroxyl groups excluding tert-OH is 1. The van der Waals surface area contributed by atoms with Crippen molar-refractivity contribution in [2.75, 3.05) is 37.7 Å². The van der Waals surface area contributed by atoms with Gasteiger partial charge in [-0.3, -0.25) is 0 Å². The molecule has 9 heteroatoms. The van der Waals surface area contributed by atoms with E-state index in [-0.39, 0.29) is 11.8 Å². The van der Waals surface area contributed by atoms with Crippen LogP contribution < -0.4 is 4.90 Å². The average Bonchev–Trinajstić information content (AvgIpc) is 3.28. The molecule has 3 fully saturated rings. The summed E-state index contributed by atoms with van der Waals surface area (Å²) in [6.07, 6.45) is -3.99. The zero-order valence-electron chi connectivity index (χ0n) is 14.7. The maximum atomic E-state index is 12.7. The second-order valence-electron chi connectivity index (χ2n) is 7.65. The van der Waals surface area contributed by atoms with Crippen LogP contribution in [-0.2, 0) is 4.74 Å². The third-order valence-electron chi connectivity index (χ3n) is 5.66. The lowest BCUT2D eigenvalue weighted by atomic mass is 10.0. The number of hydrogen-bond donors (Lipinski definition) is 1. The first-order chi connectivity index (χ1) is 12.8. The number of alkyl halides is 3. The Hall–Kier alpha value is -2.03. The van der Waals surface area contributed by atoms with Gasteiger partial charge in [0.1, 0.15) is 5.82 Å². The molecule has 27 heavy (non-hydrogen) atoms. The fourth-order valence-electron chi connectivity index (χ4n) is 4.01. The van der Waals surface area contributed by atoms with Gasteiger partial charge in [-0.25, -0.2) is 9.78 Å². The summed E-state index contributed by atoms with van der Waals surface area (Å²) in [5.41, 5.74) is 1.31. The van der Waals surface area contributed by atoms with E-state index in [2.05, 4.69) is 20.7 Å². The van der Waals surface area contributed by atoms with Crippen molar-refractivity contribution >= 4 is 11.9 Å². The zero-order chi connectivity index (χ0) is 19.2. The number of hydrogen-bond acceptors (Lipinski definition) is 5. The van der Waals surface area contributed by atoms with Crippen molar-refractivity contribution in [3.8, 4) is 0 Å². The van der Waals surface area contributed by atoms with Gasteiger partial charge in [-0.2, -0.15) is 13.2 Å². The molecule has 0 aromatic carbocycles. The molecular formula is C18H22F3N3O3. The topological polar surface area (TPSA) is 65.9 Å². The molecule has 3 heterocycles. The lowest BCUT2D eigenvalue weighted by molar-refractivity contribution is -0.214. The molecule has 0 unspecified atom stereocenters. The molecule has 1 amide bonds. The van der Waals surface area contributed by atoms with Crippen LogP contribution in [0, 0.1) is 11.8 Å². The van der Waals surface area contributed by atoms with Gasteiger partial charge in [0, 0.05) is 44.2 Å². The fraction of sp³-hybridized carbons (Fsp3) is 0.667. The van der Waals surface area contributed by atoms with Crippen LogP contribution in [0.1, 0.15) is 24.3 Å². The maximum absolute atomic E-state index is 12.7. The van der Waals surface area contributed by atoms with Crippen molar-refractivity contribution in [1.82, 2.24) is 9.88 Å². The van der Waals surface area contributed by atoms with Crippen LogP contribution in [-0.4, -0.2) is 66.1 Å². The second kappa shape index (κ2) is 6.85. The third-order valence-corrected chi connectivity index (χ3v) is 5.66. The van der Waals surface area contributed by atoms with Crippen molar-refractivity contribution in [2.45, 2.75) is 31.0 Å². The number of likely N-dealkylation sites (tertiary alicyclic amines) is 1. The zero-order valence-corrected chi connectivity index (χ0v) is 14.7. The quantitative estimate of drug-likeness (QED) is 0.862. The first-order valence-electron chi connectivity index (χ1n) is 9.19. The van der Waals surface area contributed by atoms with E-state index < -0.39 is 25.0 Å². The highest BCUT2D eigenvalue weighted by Crippen LogP contribution is 2.41. The molecule has 3 aliphatic rings. The smallest absolute Gasteiger partial charge is 0.427 e. The van der Waals surface area contributed by atoms with E-state index in [0.717, 1.165) is 18.9 Å². The first-order valence-corrected chi connectivity index (χ1v) is 9.19. The number of ether oxygens (including phenoxy) is 1.